The normalized spacial score (nSPS) is 41.0. The minimum atomic E-state index is -0.420. The molecule has 0 heterocycles. The van der Waals surface area contributed by atoms with Gasteiger partial charge in [0.15, 0.2) is 0 Å². The first-order valence-corrected chi connectivity index (χ1v) is 5.71. The maximum Gasteiger partial charge on any atom is 0.228 e. The lowest BCUT2D eigenvalue weighted by Crippen LogP contribution is -2.27. The first kappa shape index (κ1) is 10.4. The monoisotopic (exact) mass is 234 g/mol. The molecule has 0 bridgehead atoms. The molecule has 3 atom stereocenters. The average molecular weight is 235 g/mol. The summed E-state index contributed by atoms with van der Waals surface area (Å²) in [4.78, 5) is 22.5. The second kappa shape index (κ2) is 3.49. The minimum absolute atomic E-state index is 0.148. The van der Waals surface area contributed by atoms with Crippen molar-refractivity contribution in [3.05, 3.63) is 0 Å². The number of carbonyl (C=O) groups is 2. The summed E-state index contributed by atoms with van der Waals surface area (Å²) in [5, 5.41) is -0.572. The van der Waals surface area contributed by atoms with Gasteiger partial charge < -0.3 is 0 Å². The van der Waals surface area contributed by atoms with Crippen molar-refractivity contribution < 1.29 is 9.59 Å². The summed E-state index contributed by atoms with van der Waals surface area (Å²) in [5.41, 5.74) is -0.420. The van der Waals surface area contributed by atoms with Gasteiger partial charge in [0.2, 0.25) is 10.5 Å². The molecule has 0 aliphatic heterocycles. The van der Waals surface area contributed by atoms with Gasteiger partial charge in [-0.25, -0.2) is 0 Å². The van der Waals surface area contributed by atoms with E-state index >= 15 is 0 Å². The van der Waals surface area contributed by atoms with E-state index in [-0.39, 0.29) is 16.4 Å². The molecular formula is C10H12Cl2O2. The van der Waals surface area contributed by atoms with Crippen LogP contribution in [-0.2, 0) is 9.59 Å². The minimum Gasteiger partial charge on any atom is -0.281 e. The molecule has 2 fully saturated rings. The fourth-order valence-corrected chi connectivity index (χ4v) is 3.63. The van der Waals surface area contributed by atoms with Gasteiger partial charge in [0, 0.05) is 11.3 Å². The van der Waals surface area contributed by atoms with Crippen LogP contribution in [-0.4, -0.2) is 10.5 Å². The molecule has 14 heavy (non-hydrogen) atoms. The first-order chi connectivity index (χ1) is 6.56. The Hall–Kier alpha value is -0.0800. The van der Waals surface area contributed by atoms with Gasteiger partial charge in [-0.05, 0) is 54.8 Å². The van der Waals surface area contributed by atoms with Crippen molar-refractivity contribution in [1.29, 1.82) is 0 Å². The van der Waals surface area contributed by atoms with Gasteiger partial charge in [0.1, 0.15) is 0 Å². The molecule has 0 radical (unpaired) electrons. The van der Waals surface area contributed by atoms with Crippen LogP contribution < -0.4 is 0 Å². The van der Waals surface area contributed by atoms with E-state index < -0.39 is 5.41 Å². The maximum absolute atomic E-state index is 11.4. The molecule has 0 amide bonds. The summed E-state index contributed by atoms with van der Waals surface area (Å²) in [5.74, 6) is 0.143. The van der Waals surface area contributed by atoms with Crippen molar-refractivity contribution in [2.24, 2.45) is 17.3 Å². The molecular weight excluding hydrogens is 223 g/mol. The van der Waals surface area contributed by atoms with Crippen molar-refractivity contribution in [3.63, 3.8) is 0 Å². The highest BCUT2D eigenvalue weighted by Crippen LogP contribution is 2.57. The van der Waals surface area contributed by atoms with E-state index in [0.717, 1.165) is 25.7 Å². The van der Waals surface area contributed by atoms with Crippen LogP contribution in [0.3, 0.4) is 0 Å². The third kappa shape index (κ3) is 1.40. The van der Waals surface area contributed by atoms with Gasteiger partial charge in [0.25, 0.3) is 0 Å². The van der Waals surface area contributed by atoms with Crippen molar-refractivity contribution in [1.82, 2.24) is 0 Å². The Bertz CT molecular complexity index is 290. The Morgan fingerprint density at radius 1 is 1.29 bits per heavy atom. The standard InChI is InChI=1S/C10H12Cl2O2/c11-8(13)6-4-7-2-1-3-10(7,5-6)9(12)14/h6-7H,1-5H2. The van der Waals surface area contributed by atoms with Crippen molar-refractivity contribution >= 4 is 33.7 Å². The van der Waals surface area contributed by atoms with Crippen LogP contribution in [0.25, 0.3) is 0 Å². The highest BCUT2D eigenvalue weighted by molar-refractivity contribution is 6.65. The molecule has 2 nitrogen and oxygen atoms in total. The summed E-state index contributed by atoms with van der Waals surface area (Å²) in [6.07, 6.45) is 4.22. The van der Waals surface area contributed by atoms with E-state index in [1.807, 2.05) is 0 Å². The number of rotatable bonds is 2. The second-order valence-corrected chi connectivity index (χ2v) is 5.18. The fraction of sp³-hybridized carbons (Fsp3) is 0.800. The van der Waals surface area contributed by atoms with Gasteiger partial charge >= 0.3 is 0 Å². The molecule has 0 aromatic rings. The van der Waals surface area contributed by atoms with Crippen LogP contribution in [0, 0.1) is 17.3 Å². The Morgan fingerprint density at radius 2 is 2.00 bits per heavy atom. The lowest BCUT2D eigenvalue weighted by molar-refractivity contribution is -0.121. The lowest BCUT2D eigenvalue weighted by Gasteiger charge is -2.23. The molecule has 2 aliphatic rings. The predicted molar refractivity (Wildman–Crippen MR) is 54.2 cm³/mol. The van der Waals surface area contributed by atoms with E-state index in [9.17, 15) is 9.59 Å². The van der Waals surface area contributed by atoms with Crippen LogP contribution >= 0.6 is 23.2 Å². The van der Waals surface area contributed by atoms with E-state index in [1.165, 1.54) is 0 Å². The Balaban J connectivity index is 2.23. The topological polar surface area (TPSA) is 34.1 Å². The summed E-state index contributed by atoms with van der Waals surface area (Å²) >= 11 is 11.1. The fourth-order valence-electron chi connectivity index (χ4n) is 3.13. The summed E-state index contributed by atoms with van der Waals surface area (Å²) in [7, 11) is 0. The van der Waals surface area contributed by atoms with E-state index in [4.69, 9.17) is 23.2 Å². The summed E-state index contributed by atoms with van der Waals surface area (Å²) in [6, 6.07) is 0. The summed E-state index contributed by atoms with van der Waals surface area (Å²) < 4.78 is 0. The molecule has 0 aromatic heterocycles. The molecule has 3 unspecified atom stereocenters. The van der Waals surface area contributed by atoms with Crippen molar-refractivity contribution in [2.75, 3.05) is 0 Å². The quantitative estimate of drug-likeness (QED) is 0.689. The molecule has 4 heteroatoms. The predicted octanol–water partition coefficient (Wildman–Crippen LogP) is 2.71. The van der Waals surface area contributed by atoms with Crippen LogP contribution in [0.2, 0.25) is 0 Å². The number of carbonyl (C=O) groups excluding carboxylic acids is 2. The third-order valence-electron chi connectivity index (χ3n) is 3.85. The van der Waals surface area contributed by atoms with Gasteiger partial charge in [-0.2, -0.15) is 0 Å². The number of hydrogen-bond donors (Lipinski definition) is 0. The first-order valence-electron chi connectivity index (χ1n) is 4.95. The average Bonchev–Trinajstić information content (AvgIpc) is 2.57. The SMILES string of the molecule is O=C(Cl)C1CC2CCCC2(C(=O)Cl)C1. The zero-order chi connectivity index (χ0) is 10.3. The molecule has 2 saturated carbocycles. The highest BCUT2D eigenvalue weighted by Gasteiger charge is 2.55. The van der Waals surface area contributed by atoms with Crippen LogP contribution in [0.5, 0.6) is 0 Å². The van der Waals surface area contributed by atoms with Crippen LogP contribution in [0.1, 0.15) is 32.1 Å². The molecule has 0 saturated heterocycles. The Kier molecular flexibility index (Phi) is 2.61. The van der Waals surface area contributed by atoms with E-state index in [1.54, 1.807) is 0 Å². The summed E-state index contributed by atoms with van der Waals surface area (Å²) in [6.45, 7) is 0. The lowest BCUT2D eigenvalue weighted by atomic mass is 9.81. The molecule has 0 N–H and O–H groups in total. The Morgan fingerprint density at radius 3 is 2.50 bits per heavy atom. The smallest absolute Gasteiger partial charge is 0.228 e. The zero-order valence-corrected chi connectivity index (χ0v) is 9.27. The molecule has 2 rings (SSSR count). The van der Waals surface area contributed by atoms with E-state index in [0.29, 0.717) is 12.3 Å². The van der Waals surface area contributed by atoms with Gasteiger partial charge in [-0.15, -0.1) is 0 Å². The van der Waals surface area contributed by atoms with Gasteiger partial charge in [0.05, 0.1) is 0 Å². The molecule has 2 aliphatic carbocycles. The number of halogens is 2. The highest BCUT2D eigenvalue weighted by atomic mass is 35.5. The van der Waals surface area contributed by atoms with Gasteiger partial charge in [-0.3, -0.25) is 9.59 Å². The van der Waals surface area contributed by atoms with Crippen LogP contribution in [0.4, 0.5) is 0 Å². The third-order valence-corrected chi connectivity index (χ3v) is 4.53. The number of fused-ring (bicyclic) bond motifs is 1. The maximum atomic E-state index is 11.4. The largest absolute Gasteiger partial charge is 0.281 e. The van der Waals surface area contributed by atoms with Crippen LogP contribution in [0.15, 0.2) is 0 Å². The van der Waals surface area contributed by atoms with Crippen molar-refractivity contribution in [2.45, 2.75) is 32.1 Å². The van der Waals surface area contributed by atoms with Crippen molar-refractivity contribution in [3.8, 4) is 0 Å². The molecule has 0 spiro atoms. The Labute approximate surface area is 92.9 Å². The molecule has 0 aromatic carbocycles. The number of hydrogen-bond acceptors (Lipinski definition) is 2. The van der Waals surface area contributed by atoms with E-state index in [2.05, 4.69) is 0 Å². The second-order valence-electron chi connectivity index (χ2n) is 4.46. The molecule has 78 valence electrons. The zero-order valence-electron chi connectivity index (χ0n) is 7.76. The van der Waals surface area contributed by atoms with Gasteiger partial charge in [-0.1, -0.05) is 6.42 Å².